The summed E-state index contributed by atoms with van der Waals surface area (Å²) in [7, 11) is 0. The van der Waals surface area contributed by atoms with Crippen LogP contribution in [0.5, 0.6) is 0 Å². The van der Waals surface area contributed by atoms with Gasteiger partial charge in [-0.1, -0.05) is 19.9 Å². The molecule has 0 aromatic heterocycles. The fourth-order valence-corrected chi connectivity index (χ4v) is 2.96. The van der Waals surface area contributed by atoms with E-state index >= 15 is 0 Å². The quantitative estimate of drug-likeness (QED) is 0.742. The van der Waals surface area contributed by atoms with Crippen LogP contribution in [0.25, 0.3) is 0 Å². The van der Waals surface area contributed by atoms with E-state index in [1.54, 1.807) is 11.8 Å². The minimum Gasteiger partial charge on any atom is -0.342 e. The van der Waals surface area contributed by atoms with Gasteiger partial charge in [-0.25, -0.2) is 4.39 Å². The molecule has 0 N–H and O–H groups in total. The van der Waals surface area contributed by atoms with Crippen LogP contribution < -0.4 is 0 Å². The number of carbonyl (C=O) groups excluding carboxylic acids is 1. The molecular weight excluding hydrogens is 310 g/mol. The molecule has 1 aliphatic heterocycles. The summed E-state index contributed by atoms with van der Waals surface area (Å²) in [6.07, 6.45) is -2.43. The van der Waals surface area contributed by atoms with Crippen molar-refractivity contribution >= 4 is 5.91 Å². The molecule has 6 heteroatoms. The second-order valence-electron chi connectivity index (χ2n) is 6.20. The first kappa shape index (κ1) is 17.8. The molecule has 0 radical (unpaired) electrons. The third-order valence-corrected chi connectivity index (χ3v) is 4.50. The number of halogens is 4. The molecule has 1 aromatic rings. The number of alkyl halides is 3. The van der Waals surface area contributed by atoms with Crippen LogP contribution in [-0.4, -0.2) is 23.9 Å². The number of benzene rings is 1. The van der Waals surface area contributed by atoms with Crippen molar-refractivity contribution in [2.24, 2.45) is 5.92 Å². The van der Waals surface area contributed by atoms with Gasteiger partial charge in [0.05, 0.1) is 11.5 Å². The van der Waals surface area contributed by atoms with E-state index < -0.39 is 23.5 Å². The molecule has 1 amide bonds. The summed E-state index contributed by atoms with van der Waals surface area (Å²) in [4.78, 5) is 14.3. The lowest BCUT2D eigenvalue weighted by atomic mass is 9.91. The molecule has 0 saturated carbocycles. The van der Waals surface area contributed by atoms with Gasteiger partial charge in [0, 0.05) is 18.7 Å². The lowest BCUT2D eigenvalue weighted by molar-refractivity contribution is -0.137. The summed E-state index contributed by atoms with van der Waals surface area (Å²) in [5, 5.41) is 0. The molecule has 1 aliphatic rings. The Hall–Kier alpha value is -1.59. The van der Waals surface area contributed by atoms with Gasteiger partial charge in [0.1, 0.15) is 5.82 Å². The van der Waals surface area contributed by atoms with Crippen molar-refractivity contribution in [3.8, 4) is 0 Å². The van der Waals surface area contributed by atoms with Crippen LogP contribution in [0.4, 0.5) is 17.6 Å². The van der Waals surface area contributed by atoms with Crippen LogP contribution in [-0.2, 0) is 11.0 Å². The number of hydrogen-bond donors (Lipinski definition) is 0. The van der Waals surface area contributed by atoms with Crippen molar-refractivity contribution < 1.29 is 22.4 Å². The number of rotatable bonds is 3. The molecule has 23 heavy (non-hydrogen) atoms. The van der Waals surface area contributed by atoms with Gasteiger partial charge in [0.2, 0.25) is 5.91 Å². The first-order valence-corrected chi connectivity index (χ1v) is 7.89. The largest absolute Gasteiger partial charge is 0.416 e. The van der Waals surface area contributed by atoms with Crippen molar-refractivity contribution in [1.29, 1.82) is 0 Å². The van der Waals surface area contributed by atoms with Crippen molar-refractivity contribution in [1.82, 2.24) is 4.90 Å². The maximum absolute atomic E-state index is 14.1. The summed E-state index contributed by atoms with van der Waals surface area (Å²) in [6, 6.07) is 2.41. The zero-order valence-corrected chi connectivity index (χ0v) is 13.3. The Morgan fingerprint density at radius 1 is 1.30 bits per heavy atom. The van der Waals surface area contributed by atoms with E-state index in [-0.39, 0.29) is 11.5 Å². The summed E-state index contributed by atoms with van der Waals surface area (Å²) >= 11 is 0. The van der Waals surface area contributed by atoms with E-state index in [4.69, 9.17) is 0 Å². The highest BCUT2D eigenvalue weighted by Crippen LogP contribution is 2.33. The number of carbonyl (C=O) groups is 1. The number of amides is 1. The average Bonchev–Trinajstić information content (AvgIpc) is 2.49. The number of likely N-dealkylation sites (tertiary alicyclic amines) is 1. The summed E-state index contributed by atoms with van der Waals surface area (Å²) < 4.78 is 52.0. The van der Waals surface area contributed by atoms with E-state index in [0.717, 1.165) is 25.0 Å². The Kier molecular flexibility index (Phi) is 5.32. The SMILES string of the molecule is CCC(C(=O)N1CCC(C)CC1)c1ccc(C(F)(F)F)cc1F. The molecule has 128 valence electrons. The highest BCUT2D eigenvalue weighted by Gasteiger charge is 2.33. The van der Waals surface area contributed by atoms with Crippen molar-refractivity contribution in [3.63, 3.8) is 0 Å². The van der Waals surface area contributed by atoms with E-state index in [9.17, 15) is 22.4 Å². The summed E-state index contributed by atoms with van der Waals surface area (Å²) in [5.74, 6) is -1.34. The topological polar surface area (TPSA) is 20.3 Å². The summed E-state index contributed by atoms with van der Waals surface area (Å²) in [5.41, 5.74) is -0.989. The van der Waals surface area contributed by atoms with Crippen molar-refractivity contribution in [2.75, 3.05) is 13.1 Å². The first-order valence-electron chi connectivity index (χ1n) is 7.89. The molecule has 1 fully saturated rings. The molecule has 1 unspecified atom stereocenters. The lowest BCUT2D eigenvalue weighted by Gasteiger charge is -2.33. The predicted molar refractivity (Wildman–Crippen MR) is 79.4 cm³/mol. The maximum Gasteiger partial charge on any atom is 0.416 e. The smallest absolute Gasteiger partial charge is 0.342 e. The fraction of sp³-hybridized carbons (Fsp3) is 0.588. The Labute approximate surface area is 133 Å². The second-order valence-corrected chi connectivity index (χ2v) is 6.20. The first-order chi connectivity index (χ1) is 10.7. The van der Waals surface area contributed by atoms with Gasteiger partial charge in [0.15, 0.2) is 0 Å². The van der Waals surface area contributed by atoms with Crippen LogP contribution in [0.1, 0.15) is 50.2 Å². The maximum atomic E-state index is 14.1. The molecule has 1 saturated heterocycles. The Morgan fingerprint density at radius 2 is 1.91 bits per heavy atom. The van der Waals surface area contributed by atoms with Crippen LogP contribution in [0.15, 0.2) is 18.2 Å². The highest BCUT2D eigenvalue weighted by atomic mass is 19.4. The Balaban J connectivity index is 2.22. The predicted octanol–water partition coefficient (Wildman–Crippen LogP) is 4.60. The summed E-state index contributed by atoms with van der Waals surface area (Å²) in [6.45, 7) is 5.11. The van der Waals surface area contributed by atoms with Gasteiger partial charge >= 0.3 is 6.18 Å². The number of nitrogens with zero attached hydrogens (tertiary/aromatic N) is 1. The normalized spacial score (nSPS) is 18.1. The van der Waals surface area contributed by atoms with Crippen LogP contribution in [0, 0.1) is 11.7 Å². The molecule has 0 bridgehead atoms. The molecular formula is C17H21F4NO. The Bertz CT molecular complexity index is 562. The van der Waals surface area contributed by atoms with Gasteiger partial charge in [-0.05, 0) is 37.3 Å². The lowest BCUT2D eigenvalue weighted by Crippen LogP contribution is -2.40. The minimum absolute atomic E-state index is 0.0455. The molecule has 1 heterocycles. The van der Waals surface area contributed by atoms with Gasteiger partial charge in [-0.15, -0.1) is 0 Å². The Morgan fingerprint density at radius 3 is 2.39 bits per heavy atom. The van der Waals surface area contributed by atoms with E-state index in [2.05, 4.69) is 6.92 Å². The van der Waals surface area contributed by atoms with E-state index in [1.807, 2.05) is 0 Å². The van der Waals surface area contributed by atoms with Gasteiger partial charge < -0.3 is 4.90 Å². The zero-order chi connectivity index (χ0) is 17.2. The number of piperidine rings is 1. The molecule has 2 rings (SSSR count). The highest BCUT2D eigenvalue weighted by molar-refractivity contribution is 5.83. The third kappa shape index (κ3) is 4.03. The third-order valence-electron chi connectivity index (χ3n) is 4.50. The monoisotopic (exact) mass is 331 g/mol. The molecule has 0 spiro atoms. The van der Waals surface area contributed by atoms with Gasteiger partial charge in [-0.2, -0.15) is 13.2 Å². The minimum atomic E-state index is -4.59. The van der Waals surface area contributed by atoms with Crippen molar-refractivity contribution in [3.05, 3.63) is 35.1 Å². The molecule has 0 aliphatic carbocycles. The van der Waals surface area contributed by atoms with Gasteiger partial charge in [-0.3, -0.25) is 4.79 Å². The van der Waals surface area contributed by atoms with E-state index in [0.29, 0.717) is 31.5 Å². The molecule has 1 aromatic carbocycles. The van der Waals surface area contributed by atoms with Crippen LogP contribution in [0.2, 0.25) is 0 Å². The van der Waals surface area contributed by atoms with E-state index in [1.165, 1.54) is 0 Å². The van der Waals surface area contributed by atoms with Crippen molar-refractivity contribution in [2.45, 2.75) is 45.2 Å². The van der Waals surface area contributed by atoms with Gasteiger partial charge in [0.25, 0.3) is 0 Å². The second kappa shape index (κ2) is 6.89. The number of hydrogen-bond acceptors (Lipinski definition) is 1. The standard InChI is InChI=1S/C17H21F4NO/c1-3-13(16(23)22-8-6-11(2)7-9-22)14-5-4-12(10-15(14)18)17(19,20)21/h4-5,10-11,13H,3,6-9H2,1-2H3. The molecule has 1 atom stereocenters. The van der Waals surface area contributed by atoms with Crippen LogP contribution >= 0.6 is 0 Å². The molecule has 2 nitrogen and oxygen atoms in total. The zero-order valence-electron chi connectivity index (χ0n) is 13.3. The fourth-order valence-electron chi connectivity index (χ4n) is 2.96. The average molecular weight is 331 g/mol. The van der Waals surface area contributed by atoms with Crippen LogP contribution in [0.3, 0.4) is 0 Å².